The highest BCUT2D eigenvalue weighted by Gasteiger charge is 2.25. The topological polar surface area (TPSA) is 26.3 Å². The molecule has 0 aliphatic heterocycles. The summed E-state index contributed by atoms with van der Waals surface area (Å²) in [4.78, 5) is 11.8. The van der Waals surface area contributed by atoms with Gasteiger partial charge in [0.05, 0.1) is 0 Å². The summed E-state index contributed by atoms with van der Waals surface area (Å²) in [5, 5.41) is 0. The van der Waals surface area contributed by atoms with E-state index in [2.05, 4.69) is 6.92 Å². The first-order valence-electron chi connectivity index (χ1n) is 6.23. The van der Waals surface area contributed by atoms with Crippen molar-refractivity contribution in [3.05, 3.63) is 35.4 Å². The van der Waals surface area contributed by atoms with E-state index in [0.29, 0.717) is 5.92 Å². The summed E-state index contributed by atoms with van der Waals surface area (Å²) >= 11 is 0. The van der Waals surface area contributed by atoms with Crippen molar-refractivity contribution >= 4 is 5.97 Å². The van der Waals surface area contributed by atoms with Gasteiger partial charge in [-0.05, 0) is 37.3 Å². The molecule has 98 valence electrons. The number of ether oxygens (including phenoxy) is 1. The van der Waals surface area contributed by atoms with Gasteiger partial charge < -0.3 is 4.74 Å². The van der Waals surface area contributed by atoms with Crippen LogP contribution in [0.2, 0.25) is 0 Å². The average molecular weight is 254 g/mol. The van der Waals surface area contributed by atoms with Gasteiger partial charge in [-0.2, -0.15) is 0 Å². The number of rotatable bonds is 2. The molecule has 2 rings (SSSR count). The van der Waals surface area contributed by atoms with Crippen molar-refractivity contribution in [1.29, 1.82) is 0 Å². The lowest BCUT2D eigenvalue weighted by Gasteiger charge is -2.26. The molecule has 2 nitrogen and oxygen atoms in total. The van der Waals surface area contributed by atoms with Crippen molar-refractivity contribution < 1.29 is 18.3 Å². The highest BCUT2D eigenvalue weighted by molar-refractivity contribution is 5.90. The van der Waals surface area contributed by atoms with E-state index in [0.717, 1.165) is 37.8 Å². The minimum Gasteiger partial charge on any atom is -0.459 e. The van der Waals surface area contributed by atoms with Crippen molar-refractivity contribution in [2.24, 2.45) is 5.92 Å². The monoisotopic (exact) mass is 254 g/mol. The third kappa shape index (κ3) is 2.86. The molecule has 0 bridgehead atoms. The molecule has 1 fully saturated rings. The largest absolute Gasteiger partial charge is 0.459 e. The average Bonchev–Trinajstić information content (AvgIpc) is 2.28. The van der Waals surface area contributed by atoms with Gasteiger partial charge >= 0.3 is 5.97 Å². The molecule has 1 saturated carbocycles. The first-order chi connectivity index (χ1) is 8.58. The SMILES string of the molecule is CC1CCCC(OC(=O)c2c(F)cccc2F)C1. The van der Waals surface area contributed by atoms with Crippen LogP contribution >= 0.6 is 0 Å². The van der Waals surface area contributed by atoms with Crippen LogP contribution in [0.5, 0.6) is 0 Å². The highest BCUT2D eigenvalue weighted by atomic mass is 19.1. The lowest BCUT2D eigenvalue weighted by molar-refractivity contribution is 0.0145. The Bertz CT molecular complexity index is 425. The van der Waals surface area contributed by atoms with E-state index in [1.165, 1.54) is 6.07 Å². The van der Waals surface area contributed by atoms with E-state index >= 15 is 0 Å². The Balaban J connectivity index is 2.07. The Labute approximate surface area is 105 Å². The van der Waals surface area contributed by atoms with Gasteiger partial charge in [0, 0.05) is 0 Å². The molecule has 0 N–H and O–H groups in total. The third-order valence-electron chi connectivity index (χ3n) is 3.33. The fourth-order valence-electron chi connectivity index (χ4n) is 2.39. The van der Waals surface area contributed by atoms with Gasteiger partial charge in [-0.3, -0.25) is 0 Å². The second kappa shape index (κ2) is 5.46. The number of benzene rings is 1. The molecule has 0 saturated heterocycles. The summed E-state index contributed by atoms with van der Waals surface area (Å²) in [6.45, 7) is 2.09. The molecule has 0 spiro atoms. The maximum absolute atomic E-state index is 13.4. The fourth-order valence-corrected chi connectivity index (χ4v) is 2.39. The van der Waals surface area contributed by atoms with Crippen LogP contribution in [0.1, 0.15) is 43.0 Å². The summed E-state index contributed by atoms with van der Waals surface area (Å²) in [5.41, 5.74) is -0.587. The van der Waals surface area contributed by atoms with Crippen LogP contribution in [-0.2, 0) is 4.74 Å². The summed E-state index contributed by atoms with van der Waals surface area (Å²) in [5.74, 6) is -2.15. The van der Waals surface area contributed by atoms with E-state index in [9.17, 15) is 13.6 Å². The second-order valence-electron chi connectivity index (χ2n) is 4.90. The molecule has 1 aromatic carbocycles. The molecule has 2 atom stereocenters. The van der Waals surface area contributed by atoms with Crippen molar-refractivity contribution in [3.63, 3.8) is 0 Å². The number of hydrogen-bond donors (Lipinski definition) is 0. The first-order valence-corrected chi connectivity index (χ1v) is 6.23. The van der Waals surface area contributed by atoms with Gasteiger partial charge in [-0.15, -0.1) is 0 Å². The van der Waals surface area contributed by atoms with Gasteiger partial charge in [-0.25, -0.2) is 13.6 Å². The van der Waals surface area contributed by atoms with Crippen molar-refractivity contribution in [1.82, 2.24) is 0 Å². The third-order valence-corrected chi connectivity index (χ3v) is 3.33. The van der Waals surface area contributed by atoms with E-state index < -0.39 is 23.2 Å². The number of halogens is 2. The summed E-state index contributed by atoms with van der Waals surface area (Å²) in [6, 6.07) is 3.34. The molecule has 18 heavy (non-hydrogen) atoms. The Kier molecular flexibility index (Phi) is 3.94. The van der Waals surface area contributed by atoms with Crippen LogP contribution in [0.25, 0.3) is 0 Å². The molecule has 0 amide bonds. The fraction of sp³-hybridized carbons (Fsp3) is 0.500. The number of carbonyl (C=O) groups excluding carboxylic acids is 1. The molecule has 0 radical (unpaired) electrons. The summed E-state index contributed by atoms with van der Waals surface area (Å²) < 4.78 is 32.0. The normalized spacial score (nSPS) is 23.7. The first kappa shape index (κ1) is 13.0. The molecule has 4 heteroatoms. The van der Waals surface area contributed by atoms with Gasteiger partial charge in [0.2, 0.25) is 0 Å². The van der Waals surface area contributed by atoms with Crippen molar-refractivity contribution in [3.8, 4) is 0 Å². The molecular formula is C14H16F2O2. The standard InChI is InChI=1S/C14H16F2O2/c1-9-4-2-5-10(8-9)18-14(17)13-11(15)6-3-7-12(13)16/h3,6-7,9-10H,2,4-5,8H2,1H3. The predicted octanol–water partition coefficient (Wildman–Crippen LogP) is 3.70. The zero-order chi connectivity index (χ0) is 13.1. The number of esters is 1. The van der Waals surface area contributed by atoms with E-state index in [1.54, 1.807) is 0 Å². The Morgan fingerprint density at radius 2 is 1.94 bits per heavy atom. The quantitative estimate of drug-likeness (QED) is 0.752. The molecular weight excluding hydrogens is 238 g/mol. The van der Waals surface area contributed by atoms with Crippen LogP contribution in [0.4, 0.5) is 8.78 Å². The molecule has 1 aliphatic rings. The van der Waals surface area contributed by atoms with Crippen LogP contribution in [0.3, 0.4) is 0 Å². The molecule has 2 unspecified atom stereocenters. The molecule has 1 aromatic rings. The lowest BCUT2D eigenvalue weighted by Crippen LogP contribution is -2.25. The van der Waals surface area contributed by atoms with Gasteiger partial charge in [-0.1, -0.05) is 19.4 Å². The van der Waals surface area contributed by atoms with Gasteiger partial charge in [0.25, 0.3) is 0 Å². The Hall–Kier alpha value is -1.45. The van der Waals surface area contributed by atoms with E-state index in [1.807, 2.05) is 0 Å². The minimum absolute atomic E-state index is 0.222. The number of hydrogen-bond acceptors (Lipinski definition) is 2. The van der Waals surface area contributed by atoms with E-state index in [4.69, 9.17) is 4.74 Å². The summed E-state index contributed by atoms with van der Waals surface area (Å²) in [7, 11) is 0. The van der Waals surface area contributed by atoms with Crippen LogP contribution in [0, 0.1) is 17.6 Å². The van der Waals surface area contributed by atoms with Crippen LogP contribution < -0.4 is 0 Å². The molecule has 0 aromatic heterocycles. The van der Waals surface area contributed by atoms with E-state index in [-0.39, 0.29) is 6.10 Å². The van der Waals surface area contributed by atoms with Gasteiger partial charge in [0.1, 0.15) is 23.3 Å². The smallest absolute Gasteiger partial charge is 0.344 e. The van der Waals surface area contributed by atoms with Crippen LogP contribution in [-0.4, -0.2) is 12.1 Å². The summed E-state index contributed by atoms with van der Waals surface area (Å²) in [6.07, 6.45) is 3.41. The van der Waals surface area contributed by atoms with Crippen molar-refractivity contribution in [2.75, 3.05) is 0 Å². The Morgan fingerprint density at radius 1 is 1.28 bits per heavy atom. The zero-order valence-electron chi connectivity index (χ0n) is 10.3. The predicted molar refractivity (Wildman–Crippen MR) is 63.2 cm³/mol. The highest BCUT2D eigenvalue weighted by Crippen LogP contribution is 2.27. The maximum Gasteiger partial charge on any atom is 0.344 e. The molecule has 0 heterocycles. The van der Waals surface area contributed by atoms with Crippen molar-refractivity contribution in [2.45, 2.75) is 38.7 Å². The zero-order valence-corrected chi connectivity index (χ0v) is 10.3. The second-order valence-corrected chi connectivity index (χ2v) is 4.90. The number of carbonyl (C=O) groups is 1. The van der Waals surface area contributed by atoms with Crippen LogP contribution in [0.15, 0.2) is 18.2 Å². The Morgan fingerprint density at radius 3 is 2.56 bits per heavy atom. The van der Waals surface area contributed by atoms with Gasteiger partial charge in [0.15, 0.2) is 0 Å². The molecule has 1 aliphatic carbocycles. The lowest BCUT2D eigenvalue weighted by atomic mass is 9.89. The minimum atomic E-state index is -0.898. The maximum atomic E-state index is 13.4.